The third-order valence-corrected chi connectivity index (χ3v) is 3.12. The molecule has 92 valence electrons. The van der Waals surface area contributed by atoms with Gasteiger partial charge < -0.3 is 9.84 Å². The number of hydrogen-bond acceptors (Lipinski definition) is 4. The van der Waals surface area contributed by atoms with E-state index in [9.17, 15) is 8.42 Å². The van der Waals surface area contributed by atoms with Gasteiger partial charge in [-0.25, -0.2) is 0 Å². The van der Waals surface area contributed by atoms with Gasteiger partial charge in [0.25, 0.3) is 10.2 Å². The Morgan fingerprint density at radius 1 is 1.47 bits per heavy atom. The summed E-state index contributed by atoms with van der Waals surface area (Å²) in [6.07, 6.45) is 1.06. The molecule has 0 aliphatic carbocycles. The van der Waals surface area contributed by atoms with Crippen LogP contribution >= 0.6 is 0 Å². The second kappa shape index (κ2) is 8.00. The molecule has 0 rings (SSSR count). The minimum Gasteiger partial charge on any atom is -0.396 e. The van der Waals surface area contributed by atoms with Crippen molar-refractivity contribution >= 4 is 10.2 Å². The molecule has 0 aromatic carbocycles. The zero-order chi connectivity index (χ0) is 11.7. The summed E-state index contributed by atoms with van der Waals surface area (Å²) in [7, 11) is -1.98. The van der Waals surface area contributed by atoms with Gasteiger partial charge in [0, 0.05) is 26.3 Å². The number of hydrogen-bond donors (Lipinski definition) is 3. The van der Waals surface area contributed by atoms with Crippen LogP contribution in [0.1, 0.15) is 19.8 Å². The number of aliphatic hydroxyl groups excluding tert-OH is 1. The molecule has 0 heterocycles. The number of aliphatic hydroxyl groups is 1. The summed E-state index contributed by atoms with van der Waals surface area (Å²) in [5, 5.41) is 8.70. The maximum atomic E-state index is 11.4. The van der Waals surface area contributed by atoms with E-state index in [0.717, 1.165) is 0 Å². The lowest BCUT2D eigenvalue weighted by molar-refractivity contribution is 0.204. The molecular weight excluding hydrogens is 220 g/mol. The molecule has 6 nitrogen and oxygen atoms in total. The van der Waals surface area contributed by atoms with Gasteiger partial charge in [-0.05, 0) is 12.8 Å². The summed E-state index contributed by atoms with van der Waals surface area (Å²) in [5.41, 5.74) is 0. The van der Waals surface area contributed by atoms with Crippen LogP contribution in [0.15, 0.2) is 0 Å². The molecule has 0 aromatic rings. The monoisotopic (exact) mass is 240 g/mol. The first kappa shape index (κ1) is 14.8. The normalized spacial score (nSPS) is 14.1. The molecule has 1 unspecified atom stereocenters. The van der Waals surface area contributed by atoms with Crippen molar-refractivity contribution in [3.05, 3.63) is 0 Å². The first-order valence-corrected chi connectivity index (χ1v) is 6.40. The second-order valence-corrected chi connectivity index (χ2v) is 4.66. The molecule has 0 amide bonds. The van der Waals surface area contributed by atoms with Crippen LogP contribution in [0, 0.1) is 0 Å². The summed E-state index contributed by atoms with van der Waals surface area (Å²) >= 11 is 0. The van der Waals surface area contributed by atoms with Crippen molar-refractivity contribution < 1.29 is 18.3 Å². The molecule has 1 atom stereocenters. The number of rotatable bonds is 9. The molecule has 0 saturated heterocycles. The minimum atomic E-state index is -3.48. The fourth-order valence-corrected chi connectivity index (χ4v) is 2.20. The molecule has 0 fully saturated rings. The second-order valence-electron chi connectivity index (χ2n) is 3.13. The van der Waals surface area contributed by atoms with Crippen molar-refractivity contribution in [2.45, 2.75) is 25.8 Å². The summed E-state index contributed by atoms with van der Waals surface area (Å²) in [6.45, 7) is 2.40. The standard InChI is InChI=1S/C8H20N2O4S/c1-3-8(4-6-11)10-15(12,13)9-5-7-14-2/h8-11H,3-7H2,1-2H3. The van der Waals surface area contributed by atoms with Crippen molar-refractivity contribution in [1.82, 2.24) is 9.44 Å². The molecule has 0 bridgehead atoms. The Bertz CT molecular complexity index is 243. The van der Waals surface area contributed by atoms with E-state index in [4.69, 9.17) is 9.84 Å². The van der Waals surface area contributed by atoms with Gasteiger partial charge in [0.05, 0.1) is 6.61 Å². The van der Waals surface area contributed by atoms with Gasteiger partial charge in [-0.1, -0.05) is 6.92 Å². The topological polar surface area (TPSA) is 87.7 Å². The fourth-order valence-electron chi connectivity index (χ4n) is 1.04. The van der Waals surface area contributed by atoms with E-state index < -0.39 is 10.2 Å². The van der Waals surface area contributed by atoms with E-state index in [2.05, 4.69) is 9.44 Å². The molecule has 0 spiro atoms. The Morgan fingerprint density at radius 3 is 2.60 bits per heavy atom. The first-order chi connectivity index (χ1) is 7.05. The van der Waals surface area contributed by atoms with Crippen LogP contribution < -0.4 is 9.44 Å². The minimum absolute atomic E-state index is 0.0287. The van der Waals surface area contributed by atoms with E-state index >= 15 is 0 Å². The van der Waals surface area contributed by atoms with E-state index in [1.54, 1.807) is 0 Å². The van der Waals surface area contributed by atoms with Crippen LogP contribution in [0.3, 0.4) is 0 Å². The average molecular weight is 240 g/mol. The maximum absolute atomic E-state index is 11.4. The predicted octanol–water partition coefficient (Wildman–Crippen LogP) is -0.782. The van der Waals surface area contributed by atoms with Crippen LogP contribution in [0.4, 0.5) is 0 Å². The molecule has 7 heteroatoms. The summed E-state index contributed by atoms with van der Waals surface area (Å²) in [4.78, 5) is 0. The van der Waals surface area contributed by atoms with Gasteiger partial charge >= 0.3 is 0 Å². The van der Waals surface area contributed by atoms with Gasteiger partial charge in [0.2, 0.25) is 0 Å². The van der Waals surface area contributed by atoms with E-state index in [0.29, 0.717) is 19.4 Å². The number of ether oxygens (including phenoxy) is 1. The number of methoxy groups -OCH3 is 1. The van der Waals surface area contributed by atoms with E-state index in [-0.39, 0.29) is 19.2 Å². The molecule has 3 N–H and O–H groups in total. The highest BCUT2D eigenvalue weighted by molar-refractivity contribution is 7.87. The van der Waals surface area contributed by atoms with Crippen molar-refractivity contribution in [3.63, 3.8) is 0 Å². The van der Waals surface area contributed by atoms with E-state index in [1.807, 2.05) is 6.92 Å². The third kappa shape index (κ3) is 7.69. The van der Waals surface area contributed by atoms with Crippen LogP contribution in [0.2, 0.25) is 0 Å². The van der Waals surface area contributed by atoms with Gasteiger partial charge in [0.15, 0.2) is 0 Å². The lowest BCUT2D eigenvalue weighted by Gasteiger charge is -2.16. The quantitative estimate of drug-likeness (QED) is 0.461. The SMILES string of the molecule is CCC(CCO)NS(=O)(=O)NCCOC. The molecule has 0 aliphatic heterocycles. The lowest BCUT2D eigenvalue weighted by Crippen LogP contribution is -2.43. The molecule has 15 heavy (non-hydrogen) atoms. The van der Waals surface area contributed by atoms with Crippen LogP contribution in [-0.2, 0) is 14.9 Å². The summed E-state index contributed by atoms with van der Waals surface area (Å²) < 4.78 is 32.3. The highest BCUT2D eigenvalue weighted by Gasteiger charge is 2.14. The van der Waals surface area contributed by atoms with Crippen molar-refractivity contribution in [2.24, 2.45) is 0 Å². The Morgan fingerprint density at radius 2 is 2.13 bits per heavy atom. The van der Waals surface area contributed by atoms with Crippen molar-refractivity contribution in [2.75, 3.05) is 26.9 Å². The first-order valence-electron chi connectivity index (χ1n) is 4.92. The fraction of sp³-hybridized carbons (Fsp3) is 1.00. The Kier molecular flexibility index (Phi) is 7.89. The van der Waals surface area contributed by atoms with Gasteiger partial charge in [-0.3, -0.25) is 0 Å². The Labute approximate surface area is 91.2 Å². The molecular formula is C8H20N2O4S. The van der Waals surface area contributed by atoms with Gasteiger partial charge in [-0.2, -0.15) is 17.9 Å². The van der Waals surface area contributed by atoms with Crippen molar-refractivity contribution in [1.29, 1.82) is 0 Å². The van der Waals surface area contributed by atoms with Crippen LogP contribution in [0.5, 0.6) is 0 Å². The zero-order valence-corrected chi connectivity index (χ0v) is 10.0. The zero-order valence-electron chi connectivity index (χ0n) is 9.19. The van der Waals surface area contributed by atoms with Crippen LogP contribution in [-0.4, -0.2) is 46.4 Å². The largest absolute Gasteiger partial charge is 0.396 e. The van der Waals surface area contributed by atoms with Gasteiger partial charge in [0.1, 0.15) is 0 Å². The third-order valence-electron chi connectivity index (χ3n) is 1.89. The predicted molar refractivity (Wildman–Crippen MR) is 57.7 cm³/mol. The average Bonchev–Trinajstić information content (AvgIpc) is 2.17. The Hall–Kier alpha value is -0.210. The molecule has 0 saturated carbocycles. The summed E-state index contributed by atoms with van der Waals surface area (Å²) in [5.74, 6) is 0. The van der Waals surface area contributed by atoms with Gasteiger partial charge in [-0.15, -0.1) is 0 Å². The Balaban J connectivity index is 3.99. The highest BCUT2D eigenvalue weighted by atomic mass is 32.2. The van der Waals surface area contributed by atoms with Crippen molar-refractivity contribution in [3.8, 4) is 0 Å². The van der Waals surface area contributed by atoms with E-state index in [1.165, 1.54) is 7.11 Å². The smallest absolute Gasteiger partial charge is 0.277 e. The molecule has 0 aliphatic rings. The molecule has 0 radical (unpaired) electrons. The maximum Gasteiger partial charge on any atom is 0.277 e. The molecule has 0 aromatic heterocycles. The summed E-state index contributed by atoms with van der Waals surface area (Å²) in [6, 6.07) is -0.227. The lowest BCUT2D eigenvalue weighted by atomic mass is 10.2. The van der Waals surface area contributed by atoms with Crippen LogP contribution in [0.25, 0.3) is 0 Å². The highest BCUT2D eigenvalue weighted by Crippen LogP contribution is 1.97. The number of nitrogens with one attached hydrogen (secondary N) is 2.